The van der Waals surface area contributed by atoms with Gasteiger partial charge >= 0.3 is 0 Å². The van der Waals surface area contributed by atoms with Crippen molar-refractivity contribution < 1.29 is 8.82 Å². The summed E-state index contributed by atoms with van der Waals surface area (Å²) in [6.45, 7) is 9.78. The summed E-state index contributed by atoms with van der Waals surface area (Å²) in [5.41, 5.74) is 0.506. The van der Waals surface area contributed by atoms with E-state index in [0.29, 0.717) is 16.5 Å². The third-order valence-electron chi connectivity index (χ3n) is 1.73. The Kier molecular flexibility index (Phi) is 4.48. The molecule has 0 N–H and O–H groups in total. The van der Waals surface area contributed by atoms with Gasteiger partial charge in [0, 0.05) is 16.8 Å². The molecule has 2 nitrogen and oxygen atoms in total. The fourth-order valence-electron chi connectivity index (χ4n) is 1.13. The van der Waals surface area contributed by atoms with E-state index in [9.17, 15) is 4.39 Å². The van der Waals surface area contributed by atoms with E-state index >= 15 is 0 Å². The van der Waals surface area contributed by atoms with Crippen LogP contribution in [0.5, 0.6) is 0 Å². The highest BCUT2D eigenvalue weighted by atomic mass is 35.5. The van der Waals surface area contributed by atoms with Crippen molar-refractivity contribution >= 4 is 26.1 Å². The predicted molar refractivity (Wildman–Crippen MR) is 72.6 cm³/mol. The number of benzene rings is 1. The zero-order chi connectivity index (χ0) is 13.1. The van der Waals surface area contributed by atoms with Gasteiger partial charge in [0.2, 0.25) is 8.32 Å². The topological polar surface area (TPSA) is 21.6 Å². The van der Waals surface area contributed by atoms with Crippen molar-refractivity contribution in [1.29, 1.82) is 0 Å². The van der Waals surface area contributed by atoms with Crippen LogP contribution < -0.4 is 0 Å². The minimum atomic E-state index is -1.70. The molecule has 0 aromatic heterocycles. The van der Waals surface area contributed by atoms with Crippen LogP contribution in [0.1, 0.15) is 5.56 Å². The van der Waals surface area contributed by atoms with E-state index < -0.39 is 8.32 Å². The van der Waals surface area contributed by atoms with Gasteiger partial charge in [-0.3, -0.25) is 0 Å². The van der Waals surface area contributed by atoms with Gasteiger partial charge in [0.15, 0.2) is 5.88 Å². The SMILES string of the molecule is C=C(N=Cc1cc(F)ccc1Cl)O[Si](C)(C)C. The summed E-state index contributed by atoms with van der Waals surface area (Å²) in [5, 5.41) is 0.441. The molecule has 0 bridgehead atoms. The quantitative estimate of drug-likeness (QED) is 0.456. The molecule has 92 valence electrons. The van der Waals surface area contributed by atoms with Gasteiger partial charge in [0.05, 0.1) is 0 Å². The number of aliphatic imine (C=N–C) groups is 1. The Morgan fingerprint density at radius 3 is 2.71 bits per heavy atom. The molecule has 1 rings (SSSR count). The standard InChI is InChI=1S/C12H15ClFNOSi/c1-9(16-17(2,3)4)15-8-10-7-11(14)5-6-12(10)13/h5-8H,1H2,2-4H3. The van der Waals surface area contributed by atoms with E-state index in [1.165, 1.54) is 24.4 Å². The fourth-order valence-corrected chi connectivity index (χ4v) is 2.06. The van der Waals surface area contributed by atoms with Gasteiger partial charge in [-0.2, -0.15) is 0 Å². The van der Waals surface area contributed by atoms with Gasteiger partial charge in [-0.15, -0.1) is 0 Å². The summed E-state index contributed by atoms with van der Waals surface area (Å²) in [4.78, 5) is 4.02. The van der Waals surface area contributed by atoms with Crippen molar-refractivity contribution in [2.24, 2.45) is 4.99 Å². The van der Waals surface area contributed by atoms with Crippen LogP contribution in [0.2, 0.25) is 24.7 Å². The van der Waals surface area contributed by atoms with Crippen molar-refractivity contribution in [3.63, 3.8) is 0 Å². The molecule has 0 radical (unpaired) electrons. The van der Waals surface area contributed by atoms with Crippen LogP contribution in [-0.2, 0) is 4.43 Å². The van der Waals surface area contributed by atoms with E-state index in [-0.39, 0.29) is 5.82 Å². The maximum Gasteiger partial charge on any atom is 0.244 e. The van der Waals surface area contributed by atoms with E-state index in [1.807, 2.05) is 19.6 Å². The highest BCUT2D eigenvalue weighted by molar-refractivity contribution is 6.70. The first-order valence-electron chi connectivity index (χ1n) is 5.15. The zero-order valence-electron chi connectivity index (χ0n) is 10.1. The Morgan fingerprint density at radius 2 is 2.12 bits per heavy atom. The van der Waals surface area contributed by atoms with E-state index in [0.717, 1.165) is 0 Å². The first-order chi connectivity index (χ1) is 7.78. The maximum atomic E-state index is 13.0. The largest absolute Gasteiger partial charge is 0.532 e. The predicted octanol–water partition coefficient (Wildman–Crippen LogP) is 4.22. The van der Waals surface area contributed by atoms with Gasteiger partial charge in [-0.05, 0) is 44.4 Å². The molecular formula is C12H15ClFNOSi. The molecule has 0 heterocycles. The summed E-state index contributed by atoms with van der Waals surface area (Å²) < 4.78 is 18.5. The molecule has 0 saturated carbocycles. The lowest BCUT2D eigenvalue weighted by Gasteiger charge is -2.17. The van der Waals surface area contributed by atoms with Crippen molar-refractivity contribution in [1.82, 2.24) is 0 Å². The number of rotatable bonds is 4. The number of halogens is 2. The molecule has 0 atom stereocenters. The van der Waals surface area contributed by atoms with Gasteiger partial charge in [-0.25, -0.2) is 9.38 Å². The van der Waals surface area contributed by atoms with Crippen molar-refractivity contribution in [2.45, 2.75) is 19.6 Å². The maximum absolute atomic E-state index is 13.0. The van der Waals surface area contributed by atoms with Crippen LogP contribution in [-0.4, -0.2) is 14.5 Å². The smallest absolute Gasteiger partial charge is 0.244 e. The third kappa shape index (κ3) is 5.15. The average Bonchev–Trinajstić information content (AvgIpc) is 2.17. The molecule has 5 heteroatoms. The number of nitrogens with zero attached hydrogens (tertiary/aromatic N) is 1. The molecule has 0 amide bonds. The Balaban J connectivity index is 2.77. The van der Waals surface area contributed by atoms with E-state index in [1.54, 1.807) is 0 Å². The Bertz CT molecular complexity index is 454. The Morgan fingerprint density at radius 1 is 1.47 bits per heavy atom. The third-order valence-corrected chi connectivity index (χ3v) is 2.92. The van der Waals surface area contributed by atoms with Crippen molar-refractivity contribution in [2.75, 3.05) is 0 Å². The molecule has 0 saturated heterocycles. The molecular weight excluding hydrogens is 257 g/mol. The summed E-state index contributed by atoms with van der Waals surface area (Å²) in [6, 6.07) is 4.10. The molecule has 0 aliphatic rings. The average molecular weight is 272 g/mol. The monoisotopic (exact) mass is 271 g/mol. The minimum Gasteiger partial charge on any atom is -0.532 e. The van der Waals surface area contributed by atoms with Gasteiger partial charge in [-0.1, -0.05) is 11.6 Å². The van der Waals surface area contributed by atoms with Crippen LogP contribution >= 0.6 is 11.6 Å². The summed E-state index contributed by atoms with van der Waals surface area (Å²) in [5.74, 6) is -0.0305. The molecule has 0 aliphatic carbocycles. The van der Waals surface area contributed by atoms with Gasteiger partial charge in [0.1, 0.15) is 5.82 Å². The summed E-state index contributed by atoms with van der Waals surface area (Å²) in [7, 11) is -1.70. The summed E-state index contributed by atoms with van der Waals surface area (Å²) in [6.07, 6.45) is 1.45. The first-order valence-corrected chi connectivity index (χ1v) is 8.93. The molecule has 1 aromatic carbocycles. The Labute approximate surface area is 107 Å². The van der Waals surface area contributed by atoms with E-state index in [2.05, 4.69) is 11.6 Å². The van der Waals surface area contributed by atoms with Crippen molar-refractivity contribution in [3.8, 4) is 0 Å². The molecule has 0 fully saturated rings. The highest BCUT2D eigenvalue weighted by Crippen LogP contribution is 2.16. The molecule has 0 unspecified atom stereocenters. The lowest BCUT2D eigenvalue weighted by molar-refractivity contribution is 0.421. The zero-order valence-corrected chi connectivity index (χ0v) is 11.9. The lowest BCUT2D eigenvalue weighted by Crippen LogP contribution is -2.24. The molecule has 1 aromatic rings. The van der Waals surface area contributed by atoms with E-state index in [4.69, 9.17) is 16.0 Å². The van der Waals surface area contributed by atoms with Crippen molar-refractivity contribution in [3.05, 3.63) is 47.1 Å². The second-order valence-corrected chi connectivity index (χ2v) is 9.37. The number of hydrogen-bond donors (Lipinski definition) is 0. The molecule has 17 heavy (non-hydrogen) atoms. The van der Waals surface area contributed by atoms with Crippen LogP contribution in [0.4, 0.5) is 4.39 Å². The number of hydrogen-bond acceptors (Lipinski definition) is 2. The normalized spacial score (nSPS) is 11.8. The van der Waals surface area contributed by atoms with Gasteiger partial charge in [0.25, 0.3) is 0 Å². The van der Waals surface area contributed by atoms with Crippen LogP contribution in [0.3, 0.4) is 0 Å². The lowest BCUT2D eigenvalue weighted by atomic mass is 10.2. The Hall–Kier alpha value is -1.13. The second-order valence-electron chi connectivity index (χ2n) is 4.53. The van der Waals surface area contributed by atoms with Crippen LogP contribution in [0.25, 0.3) is 0 Å². The first kappa shape index (κ1) is 13.9. The fraction of sp³-hybridized carbons (Fsp3) is 0.250. The van der Waals surface area contributed by atoms with Crippen LogP contribution in [0, 0.1) is 5.82 Å². The minimum absolute atomic E-state index is 0.324. The molecule has 0 spiro atoms. The molecule has 0 aliphatic heterocycles. The summed E-state index contributed by atoms with van der Waals surface area (Å²) >= 11 is 5.89. The second kappa shape index (κ2) is 5.47. The van der Waals surface area contributed by atoms with Gasteiger partial charge < -0.3 is 4.43 Å². The van der Waals surface area contributed by atoms with Crippen LogP contribution in [0.15, 0.2) is 35.7 Å². The highest BCUT2D eigenvalue weighted by Gasteiger charge is 2.16.